The Balaban J connectivity index is 1.59. The molecule has 126 valence electrons. The number of hydrogen-bond donors (Lipinski definition) is 1. The third-order valence-electron chi connectivity index (χ3n) is 4.45. The van der Waals surface area contributed by atoms with Gasteiger partial charge in [-0.3, -0.25) is 0 Å². The summed E-state index contributed by atoms with van der Waals surface area (Å²) in [6.45, 7) is 7.94. The first-order valence-electron chi connectivity index (χ1n) is 8.17. The molecular weight excluding hydrogens is 338 g/mol. The number of anilines is 2. The largest absolute Gasteiger partial charge is 0.368 e. The minimum atomic E-state index is 0.757. The molecule has 1 N–H and O–H groups in total. The number of benzene rings is 2. The van der Waals surface area contributed by atoms with Crippen LogP contribution in [0.1, 0.15) is 11.1 Å². The van der Waals surface area contributed by atoms with Crippen LogP contribution in [0.4, 0.5) is 11.4 Å². The van der Waals surface area contributed by atoms with Crippen LogP contribution in [0.25, 0.3) is 0 Å². The third kappa shape index (κ3) is 3.82. The minimum Gasteiger partial charge on any atom is -0.368 e. The number of nitrogens with one attached hydrogen (secondary N) is 1. The highest BCUT2D eigenvalue weighted by atomic mass is 35.5. The molecule has 1 heterocycles. The first-order valence-corrected chi connectivity index (χ1v) is 8.96. The van der Waals surface area contributed by atoms with Crippen molar-refractivity contribution in [3.05, 3.63) is 58.6 Å². The Kier molecular flexibility index (Phi) is 5.27. The van der Waals surface area contributed by atoms with E-state index in [1.807, 2.05) is 25.1 Å². The van der Waals surface area contributed by atoms with E-state index >= 15 is 0 Å². The predicted molar refractivity (Wildman–Crippen MR) is 107 cm³/mol. The summed E-state index contributed by atoms with van der Waals surface area (Å²) in [5, 5.41) is 4.82. The van der Waals surface area contributed by atoms with Crippen LogP contribution in [-0.2, 0) is 0 Å². The lowest BCUT2D eigenvalue weighted by atomic mass is 10.1. The van der Waals surface area contributed by atoms with Gasteiger partial charge >= 0.3 is 0 Å². The first kappa shape index (κ1) is 17.1. The van der Waals surface area contributed by atoms with Crippen LogP contribution in [0.5, 0.6) is 0 Å². The number of halogens is 1. The Morgan fingerprint density at radius 2 is 1.71 bits per heavy atom. The van der Waals surface area contributed by atoms with Crippen LogP contribution in [0.15, 0.2) is 42.5 Å². The van der Waals surface area contributed by atoms with Gasteiger partial charge in [-0.2, -0.15) is 0 Å². The molecule has 2 aromatic carbocycles. The van der Waals surface area contributed by atoms with Gasteiger partial charge in [0.05, 0.1) is 0 Å². The van der Waals surface area contributed by atoms with Crippen LogP contribution >= 0.6 is 23.8 Å². The van der Waals surface area contributed by atoms with Gasteiger partial charge < -0.3 is 15.1 Å². The average molecular weight is 360 g/mol. The molecule has 3 nitrogen and oxygen atoms in total. The zero-order chi connectivity index (χ0) is 17.1. The summed E-state index contributed by atoms with van der Waals surface area (Å²) in [6, 6.07) is 14.5. The number of rotatable bonds is 2. The number of hydrogen-bond acceptors (Lipinski definition) is 2. The van der Waals surface area contributed by atoms with Gasteiger partial charge in [0.25, 0.3) is 0 Å². The molecule has 0 radical (unpaired) electrons. The second kappa shape index (κ2) is 7.41. The minimum absolute atomic E-state index is 0.757. The fourth-order valence-corrected chi connectivity index (χ4v) is 3.42. The zero-order valence-corrected chi connectivity index (χ0v) is 15.6. The molecule has 0 unspecified atom stereocenters. The molecule has 2 aromatic rings. The SMILES string of the molecule is Cc1ccc(NC(=S)N2CCN(c3ccccc3C)CC2)cc1Cl. The van der Waals surface area contributed by atoms with Crippen molar-refractivity contribution in [3.8, 4) is 0 Å². The molecule has 0 amide bonds. The Bertz CT molecular complexity index is 739. The molecule has 0 atom stereocenters. The van der Waals surface area contributed by atoms with Gasteiger partial charge in [0.1, 0.15) is 0 Å². The summed E-state index contributed by atoms with van der Waals surface area (Å²) in [4.78, 5) is 4.65. The Morgan fingerprint density at radius 1 is 1.00 bits per heavy atom. The second-order valence-electron chi connectivity index (χ2n) is 6.15. The molecule has 0 bridgehead atoms. The van der Waals surface area contributed by atoms with E-state index in [1.165, 1.54) is 11.3 Å². The van der Waals surface area contributed by atoms with Gasteiger partial charge in [-0.05, 0) is 55.4 Å². The van der Waals surface area contributed by atoms with E-state index in [2.05, 4.69) is 46.3 Å². The molecule has 3 rings (SSSR count). The molecule has 0 aliphatic carbocycles. The normalized spacial score (nSPS) is 14.6. The Labute approximate surface area is 154 Å². The monoisotopic (exact) mass is 359 g/mol. The highest BCUT2D eigenvalue weighted by Crippen LogP contribution is 2.22. The Hall–Kier alpha value is -1.78. The maximum atomic E-state index is 6.18. The molecular formula is C19H22ClN3S. The third-order valence-corrected chi connectivity index (χ3v) is 5.21. The summed E-state index contributed by atoms with van der Waals surface area (Å²) in [7, 11) is 0. The molecule has 1 aliphatic rings. The highest BCUT2D eigenvalue weighted by Gasteiger charge is 2.20. The molecule has 24 heavy (non-hydrogen) atoms. The lowest BCUT2D eigenvalue weighted by Gasteiger charge is -2.38. The summed E-state index contributed by atoms with van der Waals surface area (Å²) >= 11 is 11.7. The maximum Gasteiger partial charge on any atom is 0.173 e. The lowest BCUT2D eigenvalue weighted by Crippen LogP contribution is -2.50. The second-order valence-corrected chi connectivity index (χ2v) is 6.95. The average Bonchev–Trinajstić information content (AvgIpc) is 2.59. The summed E-state index contributed by atoms with van der Waals surface area (Å²) in [5.41, 5.74) is 4.65. The fourth-order valence-electron chi connectivity index (χ4n) is 2.94. The van der Waals surface area contributed by atoms with Gasteiger partial charge in [-0.1, -0.05) is 35.9 Å². The fraction of sp³-hybridized carbons (Fsp3) is 0.316. The van der Waals surface area contributed by atoms with Gasteiger partial charge in [0.15, 0.2) is 5.11 Å². The molecule has 1 fully saturated rings. The highest BCUT2D eigenvalue weighted by molar-refractivity contribution is 7.80. The molecule has 5 heteroatoms. The molecule has 0 spiro atoms. The van der Waals surface area contributed by atoms with Gasteiger partial charge in [0, 0.05) is 42.6 Å². The molecule has 1 aliphatic heterocycles. The molecule has 0 aromatic heterocycles. The summed E-state index contributed by atoms with van der Waals surface area (Å²) in [6.07, 6.45) is 0. The molecule has 0 saturated carbocycles. The number of para-hydroxylation sites is 1. The van der Waals surface area contributed by atoms with Crippen molar-refractivity contribution in [3.63, 3.8) is 0 Å². The summed E-state index contributed by atoms with van der Waals surface area (Å²) < 4.78 is 0. The number of aryl methyl sites for hydroxylation is 2. The van der Waals surface area contributed by atoms with Crippen LogP contribution in [0, 0.1) is 13.8 Å². The quantitative estimate of drug-likeness (QED) is 0.797. The van der Waals surface area contributed by atoms with E-state index in [0.29, 0.717) is 0 Å². The molecule has 1 saturated heterocycles. The zero-order valence-electron chi connectivity index (χ0n) is 14.1. The van der Waals surface area contributed by atoms with Gasteiger partial charge in [0.2, 0.25) is 0 Å². The number of thiocarbonyl (C=S) groups is 1. The van der Waals surface area contributed by atoms with Gasteiger partial charge in [-0.15, -0.1) is 0 Å². The van der Waals surface area contributed by atoms with E-state index in [9.17, 15) is 0 Å². The van der Waals surface area contributed by atoms with Gasteiger partial charge in [-0.25, -0.2) is 0 Å². The van der Waals surface area contributed by atoms with E-state index in [-0.39, 0.29) is 0 Å². The van der Waals surface area contributed by atoms with Crippen LogP contribution in [0.2, 0.25) is 5.02 Å². The van der Waals surface area contributed by atoms with Crippen LogP contribution in [-0.4, -0.2) is 36.2 Å². The van der Waals surface area contributed by atoms with Crippen LogP contribution in [0.3, 0.4) is 0 Å². The first-order chi connectivity index (χ1) is 11.5. The topological polar surface area (TPSA) is 18.5 Å². The number of piperazine rings is 1. The number of nitrogens with zero attached hydrogens (tertiary/aromatic N) is 2. The van der Waals surface area contributed by atoms with Crippen molar-refractivity contribution in [2.24, 2.45) is 0 Å². The van der Waals surface area contributed by atoms with Crippen molar-refractivity contribution in [2.75, 3.05) is 36.4 Å². The van der Waals surface area contributed by atoms with E-state index in [1.54, 1.807) is 0 Å². The maximum absolute atomic E-state index is 6.18. The summed E-state index contributed by atoms with van der Waals surface area (Å²) in [5.74, 6) is 0. The lowest BCUT2D eigenvalue weighted by molar-refractivity contribution is 0.390. The van der Waals surface area contributed by atoms with E-state index in [4.69, 9.17) is 23.8 Å². The van der Waals surface area contributed by atoms with Crippen LogP contribution < -0.4 is 10.2 Å². The van der Waals surface area contributed by atoms with Crippen molar-refractivity contribution in [1.82, 2.24) is 4.90 Å². The predicted octanol–water partition coefficient (Wildman–Crippen LogP) is 4.48. The van der Waals surface area contributed by atoms with Crippen molar-refractivity contribution in [2.45, 2.75) is 13.8 Å². The van der Waals surface area contributed by atoms with Crippen molar-refractivity contribution in [1.29, 1.82) is 0 Å². The Morgan fingerprint density at radius 3 is 2.38 bits per heavy atom. The smallest absolute Gasteiger partial charge is 0.173 e. The van der Waals surface area contributed by atoms with E-state index in [0.717, 1.165) is 47.6 Å². The van der Waals surface area contributed by atoms with Crippen molar-refractivity contribution >= 4 is 40.3 Å². The standard InChI is InChI=1S/C19H22ClN3S/c1-14-7-8-16(13-17(14)20)21-19(24)23-11-9-22(10-12-23)18-6-4-3-5-15(18)2/h3-8,13H,9-12H2,1-2H3,(H,21,24). The van der Waals surface area contributed by atoms with E-state index < -0.39 is 0 Å². The van der Waals surface area contributed by atoms with Crippen molar-refractivity contribution < 1.29 is 0 Å².